The zero-order valence-electron chi connectivity index (χ0n) is 12.3. The van der Waals surface area contributed by atoms with Gasteiger partial charge in [-0.1, -0.05) is 19.8 Å². The highest BCUT2D eigenvalue weighted by molar-refractivity contribution is 5.75. The van der Waals surface area contributed by atoms with Crippen molar-refractivity contribution in [2.45, 2.75) is 45.2 Å². The van der Waals surface area contributed by atoms with Crippen molar-refractivity contribution in [2.75, 3.05) is 6.54 Å². The summed E-state index contributed by atoms with van der Waals surface area (Å²) in [5.74, 6) is -0.954. The summed E-state index contributed by atoms with van der Waals surface area (Å²) in [4.78, 5) is 4.13. The van der Waals surface area contributed by atoms with Crippen LogP contribution < -0.4 is 5.32 Å². The fourth-order valence-electron chi connectivity index (χ4n) is 3.22. The molecule has 5 heteroatoms. The first kappa shape index (κ1) is 14.4. The van der Waals surface area contributed by atoms with Crippen LogP contribution in [-0.4, -0.2) is 22.1 Å². The Morgan fingerprint density at radius 2 is 2.00 bits per heavy atom. The average Bonchev–Trinajstić information content (AvgIpc) is 2.84. The number of fused-ring (bicyclic) bond motifs is 1. The van der Waals surface area contributed by atoms with Crippen LogP contribution in [0.1, 0.15) is 32.6 Å². The maximum absolute atomic E-state index is 13.3. The number of hydrogen-bond donors (Lipinski definition) is 1. The highest BCUT2D eigenvalue weighted by atomic mass is 19.2. The third-order valence-corrected chi connectivity index (χ3v) is 4.53. The van der Waals surface area contributed by atoms with Gasteiger partial charge in [0.2, 0.25) is 0 Å². The minimum Gasteiger partial charge on any atom is -0.329 e. The van der Waals surface area contributed by atoms with E-state index in [1.54, 1.807) is 6.33 Å². The highest BCUT2D eigenvalue weighted by Gasteiger charge is 2.20. The Balaban J connectivity index is 1.64. The monoisotopic (exact) mass is 293 g/mol. The average molecular weight is 293 g/mol. The van der Waals surface area contributed by atoms with Gasteiger partial charge >= 0.3 is 0 Å². The van der Waals surface area contributed by atoms with Gasteiger partial charge in [0.1, 0.15) is 0 Å². The van der Waals surface area contributed by atoms with Crippen molar-refractivity contribution in [1.29, 1.82) is 0 Å². The number of nitrogens with one attached hydrogen (secondary N) is 1. The summed E-state index contributed by atoms with van der Waals surface area (Å²) in [5.41, 5.74) is 1.15. The smallest absolute Gasteiger partial charge is 0.161 e. The molecule has 0 bridgehead atoms. The van der Waals surface area contributed by atoms with Gasteiger partial charge in [-0.25, -0.2) is 13.8 Å². The molecule has 1 aliphatic carbocycles. The van der Waals surface area contributed by atoms with Crippen molar-refractivity contribution in [3.05, 3.63) is 30.1 Å². The van der Waals surface area contributed by atoms with Gasteiger partial charge in [-0.15, -0.1) is 0 Å². The number of aromatic nitrogens is 2. The Morgan fingerprint density at radius 1 is 1.24 bits per heavy atom. The standard InChI is InChI=1S/C16H21F2N3/c1-11-4-2-3-5-14(11)19-6-7-21-10-20-15-8-12(17)13(18)9-16(15)21/h8-11,14,19H,2-7H2,1H3. The third-order valence-electron chi connectivity index (χ3n) is 4.53. The van der Waals surface area contributed by atoms with E-state index >= 15 is 0 Å². The topological polar surface area (TPSA) is 29.9 Å². The molecule has 0 spiro atoms. The van der Waals surface area contributed by atoms with Gasteiger partial charge in [0.15, 0.2) is 11.6 Å². The molecule has 21 heavy (non-hydrogen) atoms. The third kappa shape index (κ3) is 3.07. The summed E-state index contributed by atoms with van der Waals surface area (Å²) in [6.07, 6.45) is 6.79. The molecule has 2 aromatic rings. The molecule has 1 fully saturated rings. The molecule has 0 aliphatic heterocycles. The van der Waals surface area contributed by atoms with Crippen molar-refractivity contribution in [2.24, 2.45) is 5.92 Å². The molecule has 2 atom stereocenters. The normalized spacial score (nSPS) is 22.8. The van der Waals surface area contributed by atoms with Crippen molar-refractivity contribution in [3.8, 4) is 0 Å². The van der Waals surface area contributed by atoms with Crippen LogP contribution in [0.15, 0.2) is 18.5 Å². The first-order chi connectivity index (χ1) is 10.1. The summed E-state index contributed by atoms with van der Waals surface area (Å²) in [7, 11) is 0. The number of nitrogens with zero attached hydrogens (tertiary/aromatic N) is 2. The zero-order chi connectivity index (χ0) is 14.8. The Bertz CT molecular complexity index is 623. The first-order valence-electron chi connectivity index (χ1n) is 7.68. The molecule has 1 saturated carbocycles. The maximum atomic E-state index is 13.3. The molecule has 2 unspecified atom stereocenters. The second-order valence-electron chi connectivity index (χ2n) is 6.02. The van der Waals surface area contributed by atoms with Crippen molar-refractivity contribution in [1.82, 2.24) is 14.9 Å². The Morgan fingerprint density at radius 3 is 2.81 bits per heavy atom. The molecule has 1 aliphatic rings. The van der Waals surface area contributed by atoms with Crippen LogP contribution in [0.5, 0.6) is 0 Å². The van der Waals surface area contributed by atoms with Gasteiger partial charge in [0, 0.05) is 31.3 Å². The van der Waals surface area contributed by atoms with E-state index < -0.39 is 11.6 Å². The lowest BCUT2D eigenvalue weighted by Crippen LogP contribution is -2.38. The molecular formula is C16H21F2N3. The largest absolute Gasteiger partial charge is 0.329 e. The molecule has 3 nitrogen and oxygen atoms in total. The minimum absolute atomic E-state index is 0.500. The van der Waals surface area contributed by atoms with Crippen LogP contribution in [0.3, 0.4) is 0 Å². The molecule has 1 N–H and O–H groups in total. The Hall–Kier alpha value is -1.49. The lowest BCUT2D eigenvalue weighted by atomic mass is 9.86. The van der Waals surface area contributed by atoms with E-state index in [0.29, 0.717) is 29.5 Å². The predicted octanol–water partition coefficient (Wildman–Crippen LogP) is 3.48. The van der Waals surface area contributed by atoms with Gasteiger partial charge < -0.3 is 9.88 Å². The lowest BCUT2D eigenvalue weighted by molar-refractivity contribution is 0.279. The van der Waals surface area contributed by atoms with Crippen LogP contribution in [0, 0.1) is 17.6 Å². The number of halogens is 2. The molecule has 0 saturated heterocycles. The summed E-state index contributed by atoms with van der Waals surface area (Å²) in [6, 6.07) is 2.95. The quantitative estimate of drug-likeness (QED) is 0.935. The van der Waals surface area contributed by atoms with Crippen LogP contribution in [0.25, 0.3) is 11.0 Å². The molecule has 0 radical (unpaired) electrons. The summed E-state index contributed by atoms with van der Waals surface area (Å²) in [5, 5.41) is 3.58. The summed E-state index contributed by atoms with van der Waals surface area (Å²) in [6.45, 7) is 3.83. The van der Waals surface area contributed by atoms with Gasteiger partial charge in [0.25, 0.3) is 0 Å². The highest BCUT2D eigenvalue weighted by Crippen LogP contribution is 2.23. The first-order valence-corrected chi connectivity index (χ1v) is 7.68. The van der Waals surface area contributed by atoms with Gasteiger partial charge in [-0.2, -0.15) is 0 Å². The van der Waals surface area contributed by atoms with Gasteiger partial charge in [-0.05, 0) is 18.8 Å². The Labute approximate surface area is 123 Å². The van der Waals surface area contributed by atoms with E-state index in [1.165, 1.54) is 31.7 Å². The molecule has 1 heterocycles. The number of imidazole rings is 1. The summed E-state index contributed by atoms with van der Waals surface area (Å²) < 4.78 is 28.4. The molecular weight excluding hydrogens is 272 g/mol. The van der Waals surface area contributed by atoms with Crippen LogP contribution in [0.2, 0.25) is 0 Å². The van der Waals surface area contributed by atoms with Crippen LogP contribution >= 0.6 is 0 Å². The van der Waals surface area contributed by atoms with Crippen LogP contribution in [-0.2, 0) is 6.54 Å². The van der Waals surface area contributed by atoms with Crippen molar-refractivity contribution >= 4 is 11.0 Å². The van der Waals surface area contributed by atoms with E-state index in [-0.39, 0.29) is 0 Å². The minimum atomic E-state index is -0.845. The second kappa shape index (κ2) is 6.10. The molecule has 3 rings (SSSR count). The Kier molecular flexibility index (Phi) is 4.19. The van der Waals surface area contributed by atoms with Gasteiger partial charge in [-0.3, -0.25) is 0 Å². The molecule has 0 amide bonds. The van der Waals surface area contributed by atoms with E-state index in [1.807, 2.05) is 4.57 Å². The zero-order valence-corrected chi connectivity index (χ0v) is 12.3. The van der Waals surface area contributed by atoms with E-state index in [4.69, 9.17) is 0 Å². The summed E-state index contributed by atoms with van der Waals surface area (Å²) >= 11 is 0. The van der Waals surface area contributed by atoms with Gasteiger partial charge in [0.05, 0.1) is 17.4 Å². The maximum Gasteiger partial charge on any atom is 0.161 e. The van der Waals surface area contributed by atoms with E-state index in [0.717, 1.165) is 12.6 Å². The number of hydrogen-bond acceptors (Lipinski definition) is 2. The fourth-order valence-corrected chi connectivity index (χ4v) is 3.22. The predicted molar refractivity (Wildman–Crippen MR) is 79.1 cm³/mol. The lowest BCUT2D eigenvalue weighted by Gasteiger charge is -2.29. The fraction of sp³-hybridized carbons (Fsp3) is 0.562. The van der Waals surface area contributed by atoms with E-state index in [9.17, 15) is 8.78 Å². The van der Waals surface area contributed by atoms with Crippen LogP contribution in [0.4, 0.5) is 8.78 Å². The van der Waals surface area contributed by atoms with Crippen molar-refractivity contribution in [3.63, 3.8) is 0 Å². The second-order valence-corrected chi connectivity index (χ2v) is 6.02. The molecule has 1 aromatic carbocycles. The van der Waals surface area contributed by atoms with Crippen molar-refractivity contribution < 1.29 is 8.78 Å². The number of benzene rings is 1. The van der Waals surface area contributed by atoms with E-state index in [2.05, 4.69) is 17.2 Å². The molecule has 114 valence electrons. The SMILES string of the molecule is CC1CCCCC1NCCn1cnc2cc(F)c(F)cc21. The molecule has 1 aromatic heterocycles. The number of rotatable bonds is 4.